The zero-order valence-corrected chi connectivity index (χ0v) is 18.7. The number of benzene rings is 1. The molecule has 1 fully saturated rings. The Labute approximate surface area is 186 Å². The van der Waals surface area contributed by atoms with Crippen LogP contribution in [0.2, 0.25) is 0 Å². The van der Waals surface area contributed by atoms with Crippen molar-refractivity contribution in [3.8, 4) is 11.4 Å². The maximum Gasteiger partial charge on any atom is 0.248 e. The van der Waals surface area contributed by atoms with Gasteiger partial charge in [0.05, 0.1) is 23.5 Å². The third kappa shape index (κ3) is 4.08. The van der Waals surface area contributed by atoms with Gasteiger partial charge in [-0.2, -0.15) is 0 Å². The van der Waals surface area contributed by atoms with Crippen molar-refractivity contribution in [1.82, 2.24) is 30.2 Å². The number of β-amino-alcohol motifs (C(OH)–C–C–N with tert-alkyl or cyclic N) is 1. The summed E-state index contributed by atoms with van der Waals surface area (Å²) >= 11 is 0. The highest BCUT2D eigenvalue weighted by molar-refractivity contribution is 5.90. The van der Waals surface area contributed by atoms with Crippen molar-refractivity contribution in [2.75, 3.05) is 13.6 Å². The number of fused-ring (bicyclic) bond motifs is 1. The van der Waals surface area contributed by atoms with Crippen LogP contribution in [0.3, 0.4) is 0 Å². The number of aliphatic hydroxyl groups excluding tert-OH is 1. The van der Waals surface area contributed by atoms with E-state index in [1.165, 1.54) is 11.9 Å². The molecule has 0 saturated carbocycles. The third-order valence-corrected chi connectivity index (χ3v) is 5.80. The van der Waals surface area contributed by atoms with Gasteiger partial charge in [-0.05, 0) is 17.5 Å². The van der Waals surface area contributed by atoms with E-state index in [-0.39, 0.29) is 24.8 Å². The van der Waals surface area contributed by atoms with Crippen LogP contribution in [-0.4, -0.2) is 67.5 Å². The number of rotatable bonds is 4. The largest absolute Gasteiger partial charge is 0.391 e. The number of aromatic nitrogens is 4. The van der Waals surface area contributed by atoms with Crippen LogP contribution in [0.15, 0.2) is 42.6 Å². The van der Waals surface area contributed by atoms with Gasteiger partial charge in [-0.25, -0.2) is 9.67 Å². The van der Waals surface area contributed by atoms with Crippen LogP contribution < -0.4 is 5.32 Å². The molecule has 32 heavy (non-hydrogen) atoms. The maximum absolute atomic E-state index is 13.6. The summed E-state index contributed by atoms with van der Waals surface area (Å²) in [5.41, 5.74) is 1.55. The van der Waals surface area contributed by atoms with Crippen LogP contribution in [0.1, 0.15) is 33.2 Å². The predicted molar refractivity (Wildman–Crippen MR) is 119 cm³/mol. The average molecular weight is 437 g/mol. The van der Waals surface area contributed by atoms with E-state index in [0.29, 0.717) is 11.4 Å². The van der Waals surface area contributed by atoms with Gasteiger partial charge in [-0.15, -0.1) is 5.10 Å². The molecule has 2 N–H and O–H groups in total. The highest BCUT2D eigenvalue weighted by Crippen LogP contribution is 2.35. The van der Waals surface area contributed by atoms with Gasteiger partial charge in [-0.3, -0.25) is 9.59 Å². The molecule has 1 aromatic carbocycles. The van der Waals surface area contributed by atoms with Crippen LogP contribution in [0.25, 0.3) is 22.3 Å². The summed E-state index contributed by atoms with van der Waals surface area (Å²) in [6, 6.07) is 10.2. The number of para-hydroxylation sites is 1. The Morgan fingerprint density at radius 1 is 1.16 bits per heavy atom. The van der Waals surface area contributed by atoms with Crippen molar-refractivity contribution in [3.05, 3.63) is 42.6 Å². The van der Waals surface area contributed by atoms with Gasteiger partial charge in [0, 0.05) is 25.4 Å². The lowest BCUT2D eigenvalue weighted by Crippen LogP contribution is -2.49. The zero-order chi connectivity index (χ0) is 23.0. The van der Waals surface area contributed by atoms with E-state index in [0.717, 1.165) is 10.9 Å². The minimum absolute atomic E-state index is 0.108. The Kier molecular flexibility index (Phi) is 5.68. The Morgan fingerprint density at radius 2 is 1.91 bits per heavy atom. The van der Waals surface area contributed by atoms with E-state index in [1.807, 2.05) is 57.2 Å². The first kappa shape index (κ1) is 21.9. The summed E-state index contributed by atoms with van der Waals surface area (Å²) in [5.74, 6) is -0.562. The molecule has 2 unspecified atom stereocenters. The minimum Gasteiger partial charge on any atom is -0.391 e. The summed E-state index contributed by atoms with van der Waals surface area (Å²) in [7, 11) is 1.52. The summed E-state index contributed by atoms with van der Waals surface area (Å²) in [6.07, 6.45) is 1.19. The Morgan fingerprint density at radius 3 is 2.62 bits per heavy atom. The van der Waals surface area contributed by atoms with Crippen molar-refractivity contribution in [1.29, 1.82) is 0 Å². The lowest BCUT2D eigenvalue weighted by molar-refractivity contribution is -0.144. The maximum atomic E-state index is 13.6. The molecule has 0 radical (unpaired) electrons. The molecule has 9 nitrogen and oxygen atoms in total. The average Bonchev–Trinajstić information content (AvgIpc) is 3.39. The van der Waals surface area contributed by atoms with E-state index in [9.17, 15) is 14.7 Å². The number of amides is 2. The SMILES string of the molecule is CNC(=O)[C@H]1CC(O)CN1C(=O)C(n1cc(-c2ccc3ccccc3n2)nn1)C(C)(C)C. The Hall–Kier alpha value is -3.33. The molecule has 0 bridgehead atoms. The fourth-order valence-corrected chi connectivity index (χ4v) is 4.24. The summed E-state index contributed by atoms with van der Waals surface area (Å²) in [4.78, 5) is 32.1. The number of nitrogens with zero attached hydrogens (tertiary/aromatic N) is 5. The fourth-order valence-electron chi connectivity index (χ4n) is 4.24. The summed E-state index contributed by atoms with van der Waals surface area (Å²) < 4.78 is 1.54. The van der Waals surface area contributed by atoms with Gasteiger partial charge in [0.1, 0.15) is 17.8 Å². The highest BCUT2D eigenvalue weighted by atomic mass is 16.3. The van der Waals surface area contributed by atoms with Gasteiger partial charge in [0.25, 0.3) is 0 Å². The monoisotopic (exact) mass is 436 g/mol. The van der Waals surface area contributed by atoms with Gasteiger partial charge >= 0.3 is 0 Å². The summed E-state index contributed by atoms with van der Waals surface area (Å²) in [5, 5.41) is 22.3. The van der Waals surface area contributed by atoms with Crippen LogP contribution in [0.5, 0.6) is 0 Å². The van der Waals surface area contributed by atoms with E-state index in [2.05, 4.69) is 20.6 Å². The fraction of sp³-hybridized carbons (Fsp3) is 0.435. The van der Waals surface area contributed by atoms with Crippen molar-refractivity contribution >= 4 is 22.7 Å². The number of carbonyl (C=O) groups excluding carboxylic acids is 2. The molecular weight excluding hydrogens is 408 g/mol. The van der Waals surface area contributed by atoms with E-state index in [1.54, 1.807) is 10.9 Å². The molecule has 168 valence electrons. The second-order valence-corrected chi connectivity index (χ2v) is 9.25. The molecule has 0 spiro atoms. The standard InChI is InChI=1S/C23H28N6O3/c1-23(2,3)20(22(32)28-12-15(30)11-19(28)21(31)24-4)29-13-18(26-27-29)17-10-9-14-7-5-6-8-16(14)25-17/h5-10,13,15,19-20,30H,11-12H2,1-4H3,(H,24,31)/t15?,19-,20?/m1/s1. The van der Waals surface area contributed by atoms with Crippen LogP contribution in [0, 0.1) is 5.41 Å². The van der Waals surface area contributed by atoms with Gasteiger partial charge < -0.3 is 15.3 Å². The zero-order valence-electron chi connectivity index (χ0n) is 18.7. The first-order chi connectivity index (χ1) is 15.2. The van der Waals surface area contributed by atoms with Gasteiger partial charge in [-0.1, -0.05) is 50.3 Å². The van der Waals surface area contributed by atoms with E-state index >= 15 is 0 Å². The molecule has 4 rings (SSSR count). The molecule has 3 heterocycles. The topological polar surface area (TPSA) is 113 Å². The second kappa shape index (κ2) is 8.31. The lowest BCUT2D eigenvalue weighted by atomic mass is 9.85. The second-order valence-electron chi connectivity index (χ2n) is 9.25. The molecule has 1 aliphatic rings. The number of aliphatic hydroxyl groups is 1. The van der Waals surface area contributed by atoms with Crippen molar-refractivity contribution < 1.29 is 14.7 Å². The predicted octanol–water partition coefficient (Wildman–Crippen LogP) is 1.79. The minimum atomic E-state index is -0.741. The molecule has 1 saturated heterocycles. The first-order valence-electron chi connectivity index (χ1n) is 10.7. The molecule has 2 aromatic heterocycles. The molecular formula is C23H28N6O3. The Bertz CT molecular complexity index is 1150. The molecule has 3 aromatic rings. The number of likely N-dealkylation sites (N-methyl/N-ethyl adjacent to an activating group) is 1. The summed E-state index contributed by atoms with van der Waals surface area (Å²) in [6.45, 7) is 5.92. The quantitative estimate of drug-likeness (QED) is 0.645. The number of hydrogen-bond acceptors (Lipinski definition) is 6. The number of pyridine rings is 1. The van der Waals surface area contributed by atoms with Gasteiger partial charge in [0.15, 0.2) is 0 Å². The Balaban J connectivity index is 1.68. The smallest absolute Gasteiger partial charge is 0.248 e. The third-order valence-electron chi connectivity index (χ3n) is 5.80. The van der Waals surface area contributed by atoms with E-state index in [4.69, 9.17) is 0 Å². The van der Waals surface area contributed by atoms with E-state index < -0.39 is 23.6 Å². The molecule has 2 amide bonds. The lowest BCUT2D eigenvalue weighted by Gasteiger charge is -2.34. The highest BCUT2D eigenvalue weighted by Gasteiger charge is 2.45. The number of hydrogen-bond donors (Lipinski definition) is 2. The number of nitrogens with one attached hydrogen (secondary N) is 1. The van der Waals surface area contributed by atoms with Crippen LogP contribution in [0.4, 0.5) is 0 Å². The molecule has 1 aliphatic heterocycles. The normalized spacial score (nSPS) is 19.8. The van der Waals surface area contributed by atoms with Gasteiger partial charge in [0.2, 0.25) is 11.8 Å². The number of likely N-dealkylation sites (tertiary alicyclic amines) is 1. The first-order valence-corrected chi connectivity index (χ1v) is 10.7. The van der Waals surface area contributed by atoms with Crippen molar-refractivity contribution in [2.24, 2.45) is 5.41 Å². The van der Waals surface area contributed by atoms with Crippen LogP contribution >= 0.6 is 0 Å². The molecule has 9 heteroatoms. The number of carbonyl (C=O) groups is 2. The van der Waals surface area contributed by atoms with Crippen LogP contribution in [-0.2, 0) is 9.59 Å². The molecule has 0 aliphatic carbocycles. The van der Waals surface area contributed by atoms with Crippen molar-refractivity contribution in [2.45, 2.75) is 45.4 Å². The van der Waals surface area contributed by atoms with Crippen molar-refractivity contribution in [3.63, 3.8) is 0 Å². The molecule has 3 atom stereocenters.